The number of anilines is 1. The molecular formula is C17H25N3. The minimum Gasteiger partial charge on any atom is -0.369 e. The third-order valence-corrected chi connectivity index (χ3v) is 5.04. The number of guanidine groups is 1. The van der Waals surface area contributed by atoms with Gasteiger partial charge in [0.2, 0.25) is 0 Å². The number of benzene rings is 1. The minimum absolute atomic E-state index is 0.0723. The van der Waals surface area contributed by atoms with Crippen LogP contribution in [-0.2, 0) is 0 Å². The SMILES string of the molecule is Cc1ccc(N2C(N)=NCC23CC(C)(C)CC3C)cc1. The number of hydrogen-bond donors (Lipinski definition) is 1. The van der Waals surface area contributed by atoms with Crippen molar-refractivity contribution in [3.05, 3.63) is 29.8 Å². The first-order chi connectivity index (χ1) is 9.34. The molecule has 0 bridgehead atoms. The van der Waals surface area contributed by atoms with Gasteiger partial charge in [0, 0.05) is 5.69 Å². The lowest BCUT2D eigenvalue weighted by Crippen LogP contribution is -2.54. The largest absolute Gasteiger partial charge is 0.369 e. The maximum Gasteiger partial charge on any atom is 0.196 e. The molecule has 2 N–H and O–H groups in total. The molecular weight excluding hydrogens is 246 g/mol. The minimum atomic E-state index is 0.0723. The molecule has 108 valence electrons. The lowest BCUT2D eigenvalue weighted by atomic mass is 9.85. The van der Waals surface area contributed by atoms with Crippen LogP contribution in [0.25, 0.3) is 0 Å². The molecule has 0 saturated heterocycles. The predicted octanol–water partition coefficient (Wildman–Crippen LogP) is 3.32. The van der Waals surface area contributed by atoms with Gasteiger partial charge in [-0.15, -0.1) is 0 Å². The molecule has 1 aliphatic carbocycles. The van der Waals surface area contributed by atoms with Gasteiger partial charge in [-0.1, -0.05) is 38.5 Å². The van der Waals surface area contributed by atoms with Gasteiger partial charge >= 0.3 is 0 Å². The van der Waals surface area contributed by atoms with E-state index in [1.807, 2.05) is 0 Å². The van der Waals surface area contributed by atoms with Crippen LogP contribution in [0.4, 0.5) is 5.69 Å². The van der Waals surface area contributed by atoms with Gasteiger partial charge in [0.25, 0.3) is 0 Å². The van der Waals surface area contributed by atoms with Crippen LogP contribution in [0.2, 0.25) is 0 Å². The summed E-state index contributed by atoms with van der Waals surface area (Å²) in [6.45, 7) is 10.0. The lowest BCUT2D eigenvalue weighted by Gasteiger charge is -2.40. The number of aliphatic imine (C=N–C) groups is 1. The van der Waals surface area contributed by atoms with Gasteiger partial charge in [-0.25, -0.2) is 0 Å². The Hall–Kier alpha value is -1.51. The smallest absolute Gasteiger partial charge is 0.196 e. The van der Waals surface area contributed by atoms with Gasteiger partial charge in [-0.2, -0.15) is 0 Å². The van der Waals surface area contributed by atoms with Gasteiger partial charge in [0.1, 0.15) is 0 Å². The fraction of sp³-hybridized carbons (Fsp3) is 0.588. The quantitative estimate of drug-likeness (QED) is 0.851. The molecule has 3 nitrogen and oxygen atoms in total. The van der Waals surface area contributed by atoms with E-state index in [0.717, 1.165) is 13.0 Å². The highest BCUT2D eigenvalue weighted by Crippen LogP contribution is 2.52. The van der Waals surface area contributed by atoms with E-state index in [1.54, 1.807) is 0 Å². The standard InChI is InChI=1S/C17H25N3/c1-12-5-7-14(8-6-12)20-15(18)19-11-17(20)10-16(3,4)9-13(17)2/h5-8,13H,9-11H2,1-4H3,(H2,18,19). The average molecular weight is 271 g/mol. The number of aryl methyl sites for hydroxylation is 1. The van der Waals surface area contributed by atoms with E-state index >= 15 is 0 Å². The first-order valence-electron chi connectivity index (χ1n) is 7.51. The van der Waals surface area contributed by atoms with Crippen molar-refractivity contribution in [1.82, 2.24) is 0 Å². The maximum absolute atomic E-state index is 6.23. The molecule has 20 heavy (non-hydrogen) atoms. The van der Waals surface area contributed by atoms with Crippen LogP contribution in [0.1, 0.15) is 39.2 Å². The molecule has 1 aromatic carbocycles. The second-order valence-corrected chi connectivity index (χ2v) is 7.40. The molecule has 2 aliphatic rings. The van der Waals surface area contributed by atoms with Crippen LogP contribution in [0.15, 0.2) is 29.3 Å². The summed E-state index contributed by atoms with van der Waals surface area (Å²) < 4.78 is 0. The third kappa shape index (κ3) is 1.91. The molecule has 3 rings (SSSR count). The summed E-state index contributed by atoms with van der Waals surface area (Å²) in [7, 11) is 0. The van der Waals surface area contributed by atoms with Gasteiger partial charge < -0.3 is 10.6 Å². The Morgan fingerprint density at radius 3 is 2.45 bits per heavy atom. The van der Waals surface area contributed by atoms with E-state index in [-0.39, 0.29) is 5.54 Å². The first-order valence-corrected chi connectivity index (χ1v) is 7.51. The highest BCUT2D eigenvalue weighted by molar-refractivity contribution is 5.98. The Morgan fingerprint density at radius 1 is 1.25 bits per heavy atom. The van der Waals surface area contributed by atoms with Crippen LogP contribution in [0.5, 0.6) is 0 Å². The molecule has 2 atom stereocenters. The van der Waals surface area contributed by atoms with Crippen molar-refractivity contribution in [2.24, 2.45) is 22.1 Å². The summed E-state index contributed by atoms with van der Waals surface area (Å²) in [4.78, 5) is 6.89. The number of nitrogens with two attached hydrogens (primary N) is 1. The van der Waals surface area contributed by atoms with Gasteiger partial charge in [0.15, 0.2) is 5.96 Å². The van der Waals surface area contributed by atoms with Crippen molar-refractivity contribution in [1.29, 1.82) is 0 Å². The zero-order valence-electron chi connectivity index (χ0n) is 13.0. The van der Waals surface area contributed by atoms with Gasteiger partial charge in [0.05, 0.1) is 12.1 Å². The van der Waals surface area contributed by atoms with Crippen LogP contribution in [0, 0.1) is 18.3 Å². The Balaban J connectivity index is 2.03. The second-order valence-electron chi connectivity index (χ2n) is 7.40. The van der Waals surface area contributed by atoms with Crippen molar-refractivity contribution in [3.8, 4) is 0 Å². The number of rotatable bonds is 1. The number of nitrogens with zero attached hydrogens (tertiary/aromatic N) is 2. The Bertz CT molecular complexity index is 544. The Labute approximate surface area is 121 Å². The predicted molar refractivity (Wildman–Crippen MR) is 85.1 cm³/mol. The van der Waals surface area contributed by atoms with Crippen LogP contribution in [0.3, 0.4) is 0 Å². The van der Waals surface area contributed by atoms with E-state index < -0.39 is 0 Å². The molecule has 1 fully saturated rings. The fourth-order valence-electron chi connectivity index (χ4n) is 4.28. The van der Waals surface area contributed by atoms with Gasteiger partial charge in [-0.05, 0) is 43.2 Å². The van der Waals surface area contributed by atoms with Crippen LogP contribution >= 0.6 is 0 Å². The van der Waals surface area contributed by atoms with E-state index in [1.165, 1.54) is 17.7 Å². The second kappa shape index (κ2) is 4.24. The molecule has 1 aromatic rings. The van der Waals surface area contributed by atoms with Crippen LogP contribution in [-0.4, -0.2) is 18.0 Å². The normalized spacial score (nSPS) is 31.9. The van der Waals surface area contributed by atoms with E-state index in [0.29, 0.717) is 17.3 Å². The molecule has 2 unspecified atom stereocenters. The highest BCUT2D eigenvalue weighted by atomic mass is 15.4. The van der Waals surface area contributed by atoms with Crippen molar-refractivity contribution >= 4 is 11.6 Å². The molecule has 1 heterocycles. The Kier molecular flexibility index (Phi) is 2.86. The van der Waals surface area contributed by atoms with E-state index in [2.05, 4.69) is 61.9 Å². The average Bonchev–Trinajstić information content (AvgIpc) is 2.79. The highest BCUT2D eigenvalue weighted by Gasteiger charge is 2.55. The summed E-state index contributed by atoms with van der Waals surface area (Å²) in [6.07, 6.45) is 2.39. The molecule has 0 aromatic heterocycles. The third-order valence-electron chi connectivity index (χ3n) is 5.04. The molecule has 0 amide bonds. The molecule has 0 radical (unpaired) electrons. The maximum atomic E-state index is 6.23. The monoisotopic (exact) mass is 271 g/mol. The van der Waals surface area contributed by atoms with E-state index in [4.69, 9.17) is 5.73 Å². The van der Waals surface area contributed by atoms with Crippen LogP contribution < -0.4 is 10.6 Å². The zero-order chi connectivity index (χ0) is 14.5. The topological polar surface area (TPSA) is 41.6 Å². The lowest BCUT2D eigenvalue weighted by molar-refractivity contribution is 0.341. The summed E-state index contributed by atoms with van der Waals surface area (Å²) in [5.41, 5.74) is 9.12. The first kappa shape index (κ1) is 13.5. The summed E-state index contributed by atoms with van der Waals surface area (Å²) in [5.74, 6) is 1.28. The molecule has 3 heteroatoms. The van der Waals surface area contributed by atoms with Crippen molar-refractivity contribution in [2.75, 3.05) is 11.4 Å². The van der Waals surface area contributed by atoms with Gasteiger partial charge in [-0.3, -0.25) is 4.99 Å². The molecule has 1 spiro atoms. The summed E-state index contributed by atoms with van der Waals surface area (Å²) in [5, 5.41) is 0. The zero-order valence-corrected chi connectivity index (χ0v) is 13.0. The molecule has 1 aliphatic heterocycles. The number of hydrogen-bond acceptors (Lipinski definition) is 3. The summed E-state index contributed by atoms with van der Waals surface area (Å²) in [6, 6.07) is 8.64. The van der Waals surface area contributed by atoms with Crippen molar-refractivity contribution in [3.63, 3.8) is 0 Å². The van der Waals surface area contributed by atoms with Crippen molar-refractivity contribution < 1.29 is 0 Å². The Morgan fingerprint density at radius 2 is 1.90 bits per heavy atom. The molecule has 1 saturated carbocycles. The van der Waals surface area contributed by atoms with E-state index in [9.17, 15) is 0 Å². The van der Waals surface area contributed by atoms with Crippen molar-refractivity contribution in [2.45, 2.75) is 46.1 Å². The fourth-order valence-corrected chi connectivity index (χ4v) is 4.28. The summed E-state index contributed by atoms with van der Waals surface area (Å²) >= 11 is 0.